The molecule has 2 aromatic carbocycles. The second-order valence-corrected chi connectivity index (χ2v) is 4.01. The average molecular weight is 259 g/mol. The van der Waals surface area contributed by atoms with Crippen molar-refractivity contribution in [1.82, 2.24) is 5.32 Å². The first kappa shape index (κ1) is 13.1. The van der Waals surface area contributed by atoms with Gasteiger partial charge in [0.05, 0.1) is 0 Å². The minimum atomic E-state index is -0.387. The van der Waals surface area contributed by atoms with Crippen LogP contribution in [-0.4, -0.2) is 12.5 Å². The molecule has 0 fully saturated rings. The van der Waals surface area contributed by atoms with Crippen LogP contribution in [0.25, 0.3) is 0 Å². The Morgan fingerprint density at radius 1 is 1.11 bits per heavy atom. The van der Waals surface area contributed by atoms with Crippen LogP contribution >= 0.6 is 0 Å². The maximum atomic E-state index is 12.9. The lowest BCUT2D eigenvalue weighted by atomic mass is 10.2. The molecule has 0 aliphatic carbocycles. The van der Waals surface area contributed by atoms with Crippen LogP contribution < -0.4 is 10.1 Å². The van der Waals surface area contributed by atoms with Crippen molar-refractivity contribution in [3.63, 3.8) is 0 Å². The predicted molar refractivity (Wildman–Crippen MR) is 70.2 cm³/mol. The van der Waals surface area contributed by atoms with E-state index >= 15 is 0 Å². The normalized spacial score (nSPS) is 9.95. The van der Waals surface area contributed by atoms with Crippen LogP contribution in [0.5, 0.6) is 5.75 Å². The highest BCUT2D eigenvalue weighted by Crippen LogP contribution is 2.11. The van der Waals surface area contributed by atoms with E-state index < -0.39 is 0 Å². The van der Waals surface area contributed by atoms with Crippen LogP contribution in [0.1, 0.15) is 5.56 Å². The number of halogens is 1. The molecule has 0 saturated carbocycles. The number of carbonyl (C=O) groups excluding carboxylic acids is 1. The fourth-order valence-corrected chi connectivity index (χ4v) is 1.55. The van der Waals surface area contributed by atoms with Gasteiger partial charge in [-0.05, 0) is 17.7 Å². The highest BCUT2D eigenvalue weighted by Gasteiger charge is 2.03. The maximum absolute atomic E-state index is 12.9. The fraction of sp³-hybridized carbons (Fsp3) is 0.133. The molecular weight excluding hydrogens is 245 g/mol. The molecule has 19 heavy (non-hydrogen) atoms. The molecule has 0 aromatic heterocycles. The second kappa shape index (κ2) is 6.54. The SMILES string of the molecule is O=C(COc1cccc(F)c1)NCc1ccccc1. The summed E-state index contributed by atoms with van der Waals surface area (Å²) >= 11 is 0. The number of carbonyl (C=O) groups is 1. The molecule has 0 bridgehead atoms. The molecule has 0 heterocycles. The lowest BCUT2D eigenvalue weighted by Crippen LogP contribution is -2.28. The van der Waals surface area contributed by atoms with Crippen molar-refractivity contribution in [3.05, 3.63) is 66.0 Å². The van der Waals surface area contributed by atoms with E-state index in [9.17, 15) is 9.18 Å². The van der Waals surface area contributed by atoms with Gasteiger partial charge in [-0.2, -0.15) is 0 Å². The Morgan fingerprint density at radius 3 is 2.63 bits per heavy atom. The molecule has 0 spiro atoms. The topological polar surface area (TPSA) is 38.3 Å². The quantitative estimate of drug-likeness (QED) is 0.896. The molecule has 0 atom stereocenters. The number of benzene rings is 2. The summed E-state index contributed by atoms with van der Waals surface area (Å²) in [6.07, 6.45) is 0. The van der Waals surface area contributed by atoms with Gasteiger partial charge in [0.1, 0.15) is 11.6 Å². The molecule has 1 amide bonds. The van der Waals surface area contributed by atoms with Crippen molar-refractivity contribution < 1.29 is 13.9 Å². The Morgan fingerprint density at radius 2 is 1.89 bits per heavy atom. The third kappa shape index (κ3) is 4.43. The van der Waals surface area contributed by atoms with Gasteiger partial charge in [0.2, 0.25) is 0 Å². The van der Waals surface area contributed by atoms with Crippen molar-refractivity contribution in [2.75, 3.05) is 6.61 Å². The van der Waals surface area contributed by atoms with E-state index in [-0.39, 0.29) is 18.3 Å². The Balaban J connectivity index is 1.76. The van der Waals surface area contributed by atoms with E-state index in [0.717, 1.165) is 5.56 Å². The Kier molecular flexibility index (Phi) is 4.50. The van der Waals surface area contributed by atoms with Gasteiger partial charge in [-0.15, -0.1) is 0 Å². The number of hydrogen-bond acceptors (Lipinski definition) is 2. The summed E-state index contributed by atoms with van der Waals surface area (Å²) in [4.78, 5) is 11.5. The molecule has 2 rings (SSSR count). The van der Waals surface area contributed by atoms with Gasteiger partial charge < -0.3 is 10.1 Å². The number of nitrogens with one attached hydrogen (secondary N) is 1. The minimum absolute atomic E-state index is 0.129. The Bertz CT molecular complexity index is 543. The first-order valence-corrected chi connectivity index (χ1v) is 5.93. The predicted octanol–water partition coefficient (Wildman–Crippen LogP) is 2.52. The van der Waals surface area contributed by atoms with Crippen molar-refractivity contribution in [2.45, 2.75) is 6.54 Å². The van der Waals surface area contributed by atoms with Crippen LogP contribution in [-0.2, 0) is 11.3 Å². The van der Waals surface area contributed by atoms with Crippen LogP contribution in [0.2, 0.25) is 0 Å². The van der Waals surface area contributed by atoms with Crippen molar-refractivity contribution in [1.29, 1.82) is 0 Å². The van der Waals surface area contributed by atoms with Crippen molar-refractivity contribution >= 4 is 5.91 Å². The molecule has 3 nitrogen and oxygen atoms in total. The zero-order valence-electron chi connectivity index (χ0n) is 10.3. The van der Waals surface area contributed by atoms with Gasteiger partial charge in [-0.1, -0.05) is 36.4 Å². The standard InChI is InChI=1S/C15H14FNO2/c16-13-7-4-8-14(9-13)19-11-15(18)17-10-12-5-2-1-3-6-12/h1-9H,10-11H2,(H,17,18). The summed E-state index contributed by atoms with van der Waals surface area (Å²) in [5.74, 6) is -0.287. The number of hydrogen-bond donors (Lipinski definition) is 1. The molecule has 4 heteroatoms. The van der Waals surface area contributed by atoms with Crippen LogP contribution in [0.15, 0.2) is 54.6 Å². The molecule has 0 aliphatic rings. The molecule has 0 radical (unpaired) electrons. The van der Waals surface area contributed by atoms with Crippen LogP contribution in [0.3, 0.4) is 0 Å². The molecule has 0 saturated heterocycles. The van der Waals surface area contributed by atoms with Crippen LogP contribution in [0, 0.1) is 5.82 Å². The van der Waals surface area contributed by atoms with E-state index in [0.29, 0.717) is 12.3 Å². The van der Waals surface area contributed by atoms with Gasteiger partial charge in [0.15, 0.2) is 6.61 Å². The zero-order valence-corrected chi connectivity index (χ0v) is 10.3. The summed E-state index contributed by atoms with van der Waals surface area (Å²) in [6, 6.07) is 15.3. The molecular formula is C15H14FNO2. The zero-order chi connectivity index (χ0) is 13.5. The van der Waals surface area contributed by atoms with Crippen LogP contribution in [0.4, 0.5) is 4.39 Å². The van der Waals surface area contributed by atoms with E-state index in [4.69, 9.17) is 4.74 Å². The number of rotatable bonds is 5. The largest absolute Gasteiger partial charge is 0.484 e. The lowest BCUT2D eigenvalue weighted by molar-refractivity contribution is -0.123. The van der Waals surface area contributed by atoms with Crippen molar-refractivity contribution in [2.24, 2.45) is 0 Å². The van der Waals surface area contributed by atoms with E-state index in [1.54, 1.807) is 6.07 Å². The highest BCUT2D eigenvalue weighted by atomic mass is 19.1. The average Bonchev–Trinajstić information content (AvgIpc) is 2.44. The van der Waals surface area contributed by atoms with Gasteiger partial charge in [0.25, 0.3) is 5.91 Å². The summed E-state index contributed by atoms with van der Waals surface area (Å²) in [6.45, 7) is 0.322. The first-order valence-electron chi connectivity index (χ1n) is 5.93. The van der Waals surface area contributed by atoms with Gasteiger partial charge in [-0.25, -0.2) is 4.39 Å². The second-order valence-electron chi connectivity index (χ2n) is 4.01. The van der Waals surface area contributed by atoms with E-state index in [1.807, 2.05) is 30.3 Å². The van der Waals surface area contributed by atoms with Gasteiger partial charge in [-0.3, -0.25) is 4.79 Å². The molecule has 98 valence electrons. The van der Waals surface area contributed by atoms with E-state index in [2.05, 4.69) is 5.32 Å². The lowest BCUT2D eigenvalue weighted by Gasteiger charge is -2.07. The number of amides is 1. The highest BCUT2D eigenvalue weighted by molar-refractivity contribution is 5.77. The van der Waals surface area contributed by atoms with E-state index in [1.165, 1.54) is 18.2 Å². The molecule has 0 aliphatic heterocycles. The monoisotopic (exact) mass is 259 g/mol. The summed E-state index contributed by atoms with van der Waals surface area (Å²) in [5.41, 5.74) is 1.02. The fourth-order valence-electron chi connectivity index (χ4n) is 1.55. The summed E-state index contributed by atoms with van der Waals surface area (Å²) in [5, 5.41) is 2.73. The third-order valence-corrected chi connectivity index (χ3v) is 2.50. The van der Waals surface area contributed by atoms with Gasteiger partial charge in [0, 0.05) is 12.6 Å². The Labute approximate surface area is 111 Å². The number of ether oxygens (including phenoxy) is 1. The molecule has 0 unspecified atom stereocenters. The molecule has 1 N–H and O–H groups in total. The van der Waals surface area contributed by atoms with Gasteiger partial charge >= 0.3 is 0 Å². The summed E-state index contributed by atoms with van der Waals surface area (Å²) < 4.78 is 18.1. The summed E-state index contributed by atoms with van der Waals surface area (Å²) in [7, 11) is 0. The maximum Gasteiger partial charge on any atom is 0.258 e. The Hall–Kier alpha value is -2.36. The third-order valence-electron chi connectivity index (χ3n) is 2.50. The molecule has 2 aromatic rings. The smallest absolute Gasteiger partial charge is 0.258 e. The van der Waals surface area contributed by atoms with Crippen molar-refractivity contribution in [3.8, 4) is 5.75 Å². The minimum Gasteiger partial charge on any atom is -0.484 e. The first-order chi connectivity index (χ1) is 9.24.